The van der Waals surface area contributed by atoms with Crippen molar-refractivity contribution in [3.05, 3.63) is 70.8 Å². The number of fused-ring (bicyclic) bond motifs is 2. The molecule has 1 heterocycles. The van der Waals surface area contributed by atoms with Crippen molar-refractivity contribution in [3.8, 4) is 11.1 Å². The monoisotopic (exact) mass is 486 g/mol. The number of cyclic esters (lactones) is 2. The topological polar surface area (TPSA) is 86.7 Å². The van der Waals surface area contributed by atoms with E-state index in [1.54, 1.807) is 6.07 Å². The fourth-order valence-corrected chi connectivity index (χ4v) is 4.80. The van der Waals surface area contributed by atoms with Crippen LogP contribution in [0.1, 0.15) is 71.4 Å². The fourth-order valence-electron chi connectivity index (χ4n) is 4.80. The average molecular weight is 487 g/mol. The van der Waals surface area contributed by atoms with E-state index in [0.717, 1.165) is 27.5 Å². The van der Waals surface area contributed by atoms with Crippen molar-refractivity contribution in [1.29, 1.82) is 0 Å². The molecule has 0 saturated carbocycles. The van der Waals surface area contributed by atoms with Crippen LogP contribution >= 0.6 is 0 Å². The average Bonchev–Trinajstić information content (AvgIpc) is 2.86. The Morgan fingerprint density at radius 3 is 1.94 bits per heavy atom. The minimum Gasteiger partial charge on any atom is -0.466 e. The third-order valence-corrected chi connectivity index (χ3v) is 6.55. The molecule has 1 aliphatic rings. The number of Topliss-reactive ketones (excluding diaryl/α,β-unsaturated/α-hetero) is 2. The van der Waals surface area contributed by atoms with Gasteiger partial charge in [-0.2, -0.15) is 0 Å². The third kappa shape index (κ3) is 5.54. The lowest BCUT2D eigenvalue weighted by Crippen LogP contribution is -2.12. The van der Waals surface area contributed by atoms with Gasteiger partial charge in [-0.1, -0.05) is 42.5 Å². The van der Waals surface area contributed by atoms with Crippen molar-refractivity contribution in [1.82, 2.24) is 0 Å². The number of benzene rings is 3. The van der Waals surface area contributed by atoms with Gasteiger partial charge >= 0.3 is 11.9 Å². The number of rotatable bonds is 2. The van der Waals surface area contributed by atoms with Crippen LogP contribution < -0.4 is 0 Å². The first-order valence-corrected chi connectivity index (χ1v) is 12.4. The van der Waals surface area contributed by atoms with Crippen LogP contribution in [-0.4, -0.2) is 36.7 Å². The second-order valence-electron chi connectivity index (χ2n) is 9.10. The van der Waals surface area contributed by atoms with Crippen molar-refractivity contribution in [2.45, 2.75) is 52.4 Å². The number of hydrogen-bond acceptors (Lipinski definition) is 6. The number of hydrogen-bond donors (Lipinski definition) is 0. The standard InChI is InChI=1S/C30H30O6/c1-19(31)25-18-26-22-9-7-11-24(26)30(29(25)20(2)32)23-10-4-3-8-21(23)12-14-27(33)35-16-5-6-17-36-28(34)15-13-22/h3-4,7-11,18H,5-6,12-17H2,1-2H3. The number of ether oxygens (including phenoxy) is 2. The van der Waals surface area contributed by atoms with E-state index in [9.17, 15) is 19.2 Å². The molecule has 186 valence electrons. The zero-order valence-electron chi connectivity index (χ0n) is 20.7. The highest BCUT2D eigenvalue weighted by atomic mass is 16.5. The molecule has 0 atom stereocenters. The molecule has 1 aliphatic heterocycles. The molecule has 0 spiro atoms. The quantitative estimate of drug-likeness (QED) is 0.343. The molecule has 3 aromatic rings. The molecule has 6 nitrogen and oxygen atoms in total. The van der Waals surface area contributed by atoms with E-state index < -0.39 is 0 Å². The number of carbonyl (C=O) groups excluding carboxylic acids is 4. The number of ketones is 2. The maximum Gasteiger partial charge on any atom is 0.306 e. The first-order chi connectivity index (χ1) is 17.4. The van der Waals surface area contributed by atoms with Gasteiger partial charge in [-0.25, -0.2) is 0 Å². The van der Waals surface area contributed by atoms with E-state index in [4.69, 9.17) is 9.47 Å². The van der Waals surface area contributed by atoms with E-state index in [-0.39, 0.29) is 49.6 Å². The fraction of sp³-hybridized carbons (Fsp3) is 0.333. The lowest BCUT2D eigenvalue weighted by atomic mass is 9.83. The van der Waals surface area contributed by atoms with E-state index in [2.05, 4.69) is 0 Å². The molecule has 0 amide bonds. The van der Waals surface area contributed by atoms with Gasteiger partial charge in [-0.05, 0) is 73.1 Å². The van der Waals surface area contributed by atoms with Gasteiger partial charge in [0.05, 0.1) is 13.2 Å². The highest BCUT2D eigenvalue weighted by molar-refractivity contribution is 6.18. The van der Waals surface area contributed by atoms with Crippen LogP contribution in [0.4, 0.5) is 0 Å². The van der Waals surface area contributed by atoms with Crippen LogP contribution in [0.5, 0.6) is 0 Å². The Morgan fingerprint density at radius 2 is 1.31 bits per heavy atom. The molecule has 0 fully saturated rings. The van der Waals surface area contributed by atoms with Gasteiger partial charge in [0.2, 0.25) is 0 Å². The highest BCUT2D eigenvalue weighted by Gasteiger charge is 2.23. The molecule has 3 aromatic carbocycles. The van der Waals surface area contributed by atoms with Crippen molar-refractivity contribution in [3.63, 3.8) is 0 Å². The zero-order chi connectivity index (χ0) is 25.7. The van der Waals surface area contributed by atoms with Crippen LogP contribution in [0, 0.1) is 0 Å². The molecule has 4 bridgehead atoms. The summed E-state index contributed by atoms with van der Waals surface area (Å²) in [5.41, 5.74) is 4.01. The summed E-state index contributed by atoms with van der Waals surface area (Å²) in [5, 5.41) is 1.65. The normalized spacial score (nSPS) is 15.4. The Balaban J connectivity index is 1.97. The first kappa shape index (κ1) is 25.3. The van der Waals surface area contributed by atoms with Gasteiger partial charge in [0.15, 0.2) is 11.6 Å². The highest BCUT2D eigenvalue weighted by Crippen LogP contribution is 2.39. The third-order valence-electron chi connectivity index (χ3n) is 6.55. The van der Waals surface area contributed by atoms with Crippen LogP contribution in [0.25, 0.3) is 21.9 Å². The second kappa shape index (κ2) is 11.3. The van der Waals surface area contributed by atoms with Crippen molar-refractivity contribution in [2.75, 3.05) is 13.2 Å². The number of carbonyl (C=O) groups is 4. The molecule has 0 N–H and O–H groups in total. The largest absolute Gasteiger partial charge is 0.466 e. The Labute approximate surface area is 210 Å². The molecular formula is C30H30O6. The summed E-state index contributed by atoms with van der Waals surface area (Å²) in [6.07, 6.45) is 2.52. The van der Waals surface area contributed by atoms with E-state index in [1.165, 1.54) is 13.8 Å². The lowest BCUT2D eigenvalue weighted by Gasteiger charge is -2.20. The maximum absolute atomic E-state index is 13.0. The molecular weight excluding hydrogens is 456 g/mol. The van der Waals surface area contributed by atoms with Gasteiger partial charge in [0, 0.05) is 29.5 Å². The van der Waals surface area contributed by atoms with Crippen LogP contribution in [0.15, 0.2) is 48.5 Å². The summed E-state index contributed by atoms with van der Waals surface area (Å²) in [5.74, 6) is -1.02. The summed E-state index contributed by atoms with van der Waals surface area (Å²) in [4.78, 5) is 50.4. The zero-order valence-corrected chi connectivity index (χ0v) is 20.7. The summed E-state index contributed by atoms with van der Waals surface area (Å²) in [7, 11) is 0. The van der Waals surface area contributed by atoms with E-state index in [1.807, 2.05) is 42.5 Å². The van der Waals surface area contributed by atoms with Gasteiger partial charge in [0.25, 0.3) is 0 Å². The van der Waals surface area contributed by atoms with E-state index >= 15 is 0 Å². The maximum atomic E-state index is 13.0. The molecule has 0 aromatic heterocycles. The van der Waals surface area contributed by atoms with Gasteiger partial charge in [-0.3, -0.25) is 19.2 Å². The number of aryl methyl sites for hydroxylation is 2. The predicted molar refractivity (Wildman–Crippen MR) is 137 cm³/mol. The smallest absolute Gasteiger partial charge is 0.306 e. The SMILES string of the molecule is CC(=O)c1cc2c3cccc2c(c1C(C)=O)-c1ccccc1CCC(=O)OCCCCOC(=O)CC3. The lowest BCUT2D eigenvalue weighted by molar-refractivity contribution is -0.146. The Morgan fingerprint density at radius 1 is 0.694 bits per heavy atom. The first-order valence-electron chi connectivity index (χ1n) is 12.4. The summed E-state index contributed by atoms with van der Waals surface area (Å²) in [6, 6.07) is 15.2. The summed E-state index contributed by atoms with van der Waals surface area (Å²) >= 11 is 0. The summed E-state index contributed by atoms with van der Waals surface area (Å²) in [6.45, 7) is 3.48. The molecule has 0 radical (unpaired) electrons. The minimum atomic E-state index is -0.306. The predicted octanol–water partition coefficient (Wildman–Crippen LogP) is 5.66. The molecule has 36 heavy (non-hydrogen) atoms. The molecule has 4 rings (SSSR count). The Hall–Kier alpha value is -3.80. The Kier molecular flexibility index (Phi) is 7.93. The van der Waals surface area contributed by atoms with Crippen LogP contribution in [-0.2, 0) is 31.9 Å². The van der Waals surface area contributed by atoms with Gasteiger partial charge < -0.3 is 9.47 Å². The van der Waals surface area contributed by atoms with Crippen LogP contribution in [0.3, 0.4) is 0 Å². The minimum absolute atomic E-state index is 0.191. The van der Waals surface area contributed by atoms with Crippen molar-refractivity contribution in [2.24, 2.45) is 0 Å². The Bertz CT molecular complexity index is 1340. The van der Waals surface area contributed by atoms with E-state index in [0.29, 0.717) is 42.4 Å². The van der Waals surface area contributed by atoms with Gasteiger partial charge in [0.1, 0.15) is 0 Å². The molecule has 0 saturated heterocycles. The van der Waals surface area contributed by atoms with Crippen molar-refractivity contribution < 1.29 is 28.7 Å². The van der Waals surface area contributed by atoms with Crippen molar-refractivity contribution >= 4 is 34.3 Å². The number of esters is 2. The molecule has 0 unspecified atom stereocenters. The summed E-state index contributed by atoms with van der Waals surface area (Å²) < 4.78 is 10.7. The second-order valence-corrected chi connectivity index (χ2v) is 9.10. The molecule has 0 aliphatic carbocycles. The van der Waals surface area contributed by atoms with Crippen LogP contribution in [0.2, 0.25) is 0 Å². The molecule has 6 heteroatoms. The van der Waals surface area contributed by atoms with Gasteiger partial charge in [-0.15, -0.1) is 0 Å².